The quantitative estimate of drug-likeness (QED) is 0.772. The van der Waals surface area contributed by atoms with Gasteiger partial charge in [-0.25, -0.2) is 0 Å². The molecule has 4 heteroatoms. The maximum Gasteiger partial charge on any atom is 0.222 e. The van der Waals surface area contributed by atoms with E-state index in [1.807, 2.05) is 18.2 Å². The molecule has 4 nitrogen and oxygen atoms in total. The van der Waals surface area contributed by atoms with Crippen LogP contribution in [0.3, 0.4) is 0 Å². The third-order valence-electron chi connectivity index (χ3n) is 3.61. The number of carboxylic acid groups (broad SMARTS) is 1. The number of hydrogen-bond donors (Lipinski definition) is 1. The topological polar surface area (TPSA) is 53.8 Å². The van der Waals surface area contributed by atoms with Crippen LogP contribution in [0, 0.1) is 0 Å². The van der Waals surface area contributed by atoms with Gasteiger partial charge in [-0.2, -0.15) is 0 Å². The molecule has 22 heavy (non-hydrogen) atoms. The predicted octanol–water partition coefficient (Wildman–Crippen LogP) is 0.880. The van der Waals surface area contributed by atoms with Crippen molar-refractivity contribution in [3.8, 4) is 5.75 Å². The Kier molecular flexibility index (Phi) is 5.55. The van der Waals surface area contributed by atoms with Gasteiger partial charge >= 0.3 is 0 Å². The molecule has 0 aliphatic heterocycles. The van der Waals surface area contributed by atoms with E-state index >= 15 is 0 Å². The van der Waals surface area contributed by atoms with Gasteiger partial charge < -0.3 is 14.6 Å². The largest absolute Gasteiger partial charge is 0.545 e. The van der Waals surface area contributed by atoms with Crippen molar-refractivity contribution in [3.63, 3.8) is 0 Å². The van der Waals surface area contributed by atoms with Crippen molar-refractivity contribution in [1.82, 2.24) is 0 Å². The Balaban J connectivity index is 2.05. The van der Waals surface area contributed by atoms with Crippen LogP contribution >= 0.6 is 0 Å². The summed E-state index contributed by atoms with van der Waals surface area (Å²) in [7, 11) is 0. The summed E-state index contributed by atoms with van der Waals surface area (Å²) in [6.07, 6.45) is 0. The summed E-state index contributed by atoms with van der Waals surface area (Å²) in [5.41, 5.74) is 1.31. The van der Waals surface area contributed by atoms with Crippen molar-refractivity contribution in [1.29, 1.82) is 0 Å². The second-order valence-electron chi connectivity index (χ2n) is 5.55. The molecule has 0 spiro atoms. The van der Waals surface area contributed by atoms with E-state index in [-0.39, 0.29) is 5.56 Å². The lowest BCUT2D eigenvalue weighted by molar-refractivity contribution is -0.949. The molecular formula is C18H21NO3. The van der Waals surface area contributed by atoms with E-state index in [4.69, 9.17) is 4.74 Å². The van der Waals surface area contributed by atoms with Crippen LogP contribution in [0.2, 0.25) is 0 Å². The molecule has 0 aliphatic rings. The van der Waals surface area contributed by atoms with Crippen molar-refractivity contribution in [2.75, 3.05) is 6.73 Å². The van der Waals surface area contributed by atoms with Crippen LogP contribution < -0.4 is 14.7 Å². The molecule has 1 atom stereocenters. The second kappa shape index (κ2) is 7.61. The first-order chi connectivity index (χ1) is 10.6. The first-order valence-electron chi connectivity index (χ1n) is 7.39. The highest BCUT2D eigenvalue weighted by atomic mass is 16.5. The molecule has 0 fully saturated rings. The predicted molar refractivity (Wildman–Crippen MR) is 82.5 cm³/mol. The van der Waals surface area contributed by atoms with Crippen molar-refractivity contribution in [2.24, 2.45) is 0 Å². The van der Waals surface area contributed by atoms with Crippen molar-refractivity contribution in [3.05, 3.63) is 65.7 Å². The first-order valence-corrected chi connectivity index (χ1v) is 7.39. The summed E-state index contributed by atoms with van der Waals surface area (Å²) in [4.78, 5) is 12.3. The van der Waals surface area contributed by atoms with Gasteiger partial charge in [-0.15, -0.1) is 0 Å². The highest BCUT2D eigenvalue weighted by Crippen LogP contribution is 2.16. The van der Waals surface area contributed by atoms with Crippen LogP contribution in [0.25, 0.3) is 0 Å². The van der Waals surface area contributed by atoms with E-state index in [9.17, 15) is 9.90 Å². The van der Waals surface area contributed by atoms with Crippen LogP contribution in [-0.2, 0) is 6.54 Å². The Labute approximate surface area is 131 Å². The average molecular weight is 299 g/mol. The van der Waals surface area contributed by atoms with Crippen LogP contribution in [0.5, 0.6) is 5.75 Å². The molecule has 0 aliphatic carbocycles. The summed E-state index contributed by atoms with van der Waals surface area (Å²) < 4.78 is 5.74. The van der Waals surface area contributed by atoms with Gasteiger partial charge in [0.25, 0.3) is 0 Å². The van der Waals surface area contributed by atoms with Gasteiger partial charge in [-0.1, -0.05) is 42.5 Å². The number of aromatic carboxylic acids is 1. The number of nitrogens with one attached hydrogen (secondary N) is 1. The zero-order chi connectivity index (χ0) is 15.9. The molecule has 1 unspecified atom stereocenters. The maximum atomic E-state index is 11.1. The summed E-state index contributed by atoms with van der Waals surface area (Å²) in [5, 5.41) is 11.1. The Bertz CT molecular complexity index is 611. The van der Waals surface area contributed by atoms with E-state index in [0.29, 0.717) is 18.5 Å². The van der Waals surface area contributed by atoms with Crippen molar-refractivity contribution in [2.45, 2.75) is 26.4 Å². The first kappa shape index (κ1) is 16.0. The SMILES string of the molecule is CC(C)[NH+](COc1ccccc1C(=O)[O-])Cc1ccccc1. The highest BCUT2D eigenvalue weighted by Gasteiger charge is 2.15. The van der Waals surface area contributed by atoms with Crippen LogP contribution in [0.15, 0.2) is 54.6 Å². The number of para-hydroxylation sites is 1. The summed E-state index contributed by atoms with van der Waals surface area (Å²) >= 11 is 0. The lowest BCUT2D eigenvalue weighted by Crippen LogP contribution is -3.14. The number of carbonyl (C=O) groups excluding carboxylic acids is 1. The molecule has 0 amide bonds. The fourth-order valence-electron chi connectivity index (χ4n) is 2.21. The molecule has 0 bridgehead atoms. The maximum absolute atomic E-state index is 11.1. The van der Waals surface area contributed by atoms with Gasteiger partial charge in [0.05, 0.1) is 12.0 Å². The van der Waals surface area contributed by atoms with Gasteiger partial charge in [-0.05, 0) is 26.0 Å². The average Bonchev–Trinajstić information content (AvgIpc) is 2.52. The van der Waals surface area contributed by atoms with E-state index in [0.717, 1.165) is 6.54 Å². The van der Waals surface area contributed by atoms with Crippen molar-refractivity contribution < 1.29 is 19.5 Å². The van der Waals surface area contributed by atoms with Gasteiger partial charge in [0.15, 0.2) is 0 Å². The van der Waals surface area contributed by atoms with E-state index in [2.05, 4.69) is 26.0 Å². The van der Waals surface area contributed by atoms with E-state index in [1.54, 1.807) is 18.2 Å². The summed E-state index contributed by atoms with van der Waals surface area (Å²) in [5.74, 6) is -0.863. The minimum atomic E-state index is -1.22. The van der Waals surface area contributed by atoms with Gasteiger partial charge in [0.1, 0.15) is 12.3 Å². The van der Waals surface area contributed by atoms with Crippen molar-refractivity contribution >= 4 is 5.97 Å². The monoisotopic (exact) mass is 299 g/mol. The Hall–Kier alpha value is -2.33. The molecular weight excluding hydrogens is 278 g/mol. The molecule has 1 N–H and O–H groups in total. The van der Waals surface area contributed by atoms with Crippen LogP contribution in [-0.4, -0.2) is 18.7 Å². The Morgan fingerprint density at radius 2 is 1.73 bits per heavy atom. The van der Waals surface area contributed by atoms with E-state index in [1.165, 1.54) is 16.5 Å². The number of rotatable bonds is 7. The Morgan fingerprint density at radius 1 is 1.09 bits per heavy atom. The fourth-order valence-corrected chi connectivity index (χ4v) is 2.21. The molecule has 2 rings (SSSR count). The molecule has 0 saturated carbocycles. The highest BCUT2D eigenvalue weighted by molar-refractivity contribution is 5.89. The number of benzene rings is 2. The lowest BCUT2D eigenvalue weighted by Gasteiger charge is -2.24. The molecule has 0 radical (unpaired) electrons. The molecule has 116 valence electrons. The zero-order valence-corrected chi connectivity index (χ0v) is 12.9. The minimum Gasteiger partial charge on any atom is -0.545 e. The lowest BCUT2D eigenvalue weighted by atomic mass is 10.2. The molecule has 0 saturated heterocycles. The molecule has 0 aromatic heterocycles. The zero-order valence-electron chi connectivity index (χ0n) is 12.9. The number of hydrogen-bond acceptors (Lipinski definition) is 3. The smallest absolute Gasteiger partial charge is 0.222 e. The normalized spacial score (nSPS) is 12.1. The van der Waals surface area contributed by atoms with Gasteiger partial charge in [-0.3, -0.25) is 4.90 Å². The minimum absolute atomic E-state index is 0.0883. The summed E-state index contributed by atoms with van der Waals surface area (Å²) in [6, 6.07) is 17.1. The number of carboxylic acids is 1. The number of ether oxygens (including phenoxy) is 1. The second-order valence-corrected chi connectivity index (χ2v) is 5.55. The number of carbonyl (C=O) groups is 1. The van der Waals surface area contributed by atoms with Gasteiger partial charge in [0.2, 0.25) is 6.73 Å². The Morgan fingerprint density at radius 3 is 2.36 bits per heavy atom. The summed E-state index contributed by atoms with van der Waals surface area (Å²) in [6.45, 7) is 5.46. The van der Waals surface area contributed by atoms with E-state index < -0.39 is 5.97 Å². The van der Waals surface area contributed by atoms with Crippen LogP contribution in [0.1, 0.15) is 29.8 Å². The third kappa shape index (κ3) is 4.33. The fraction of sp³-hybridized carbons (Fsp3) is 0.278. The van der Waals surface area contributed by atoms with Crippen LogP contribution in [0.4, 0.5) is 0 Å². The number of quaternary nitrogens is 1. The third-order valence-corrected chi connectivity index (χ3v) is 3.61. The molecule has 0 heterocycles. The van der Waals surface area contributed by atoms with Gasteiger partial charge in [0, 0.05) is 11.1 Å². The molecule has 2 aromatic carbocycles. The molecule has 2 aromatic rings. The standard InChI is InChI=1S/C18H21NO3/c1-14(2)19(12-15-8-4-3-5-9-15)13-22-17-11-7-6-10-16(17)18(20)21/h3-11,14H,12-13H2,1-2H3,(H,20,21).